The van der Waals surface area contributed by atoms with Gasteiger partial charge in [0.1, 0.15) is 0 Å². The van der Waals surface area contributed by atoms with Crippen LogP contribution in [-0.4, -0.2) is 65.5 Å². The smallest absolute Gasteiger partial charge is 0.374 e. The van der Waals surface area contributed by atoms with Gasteiger partial charge >= 0.3 is 11.9 Å². The van der Waals surface area contributed by atoms with Gasteiger partial charge in [0.2, 0.25) is 10.0 Å². The number of nitrogens with two attached hydrogens (primary N) is 1. The third-order valence-electron chi connectivity index (χ3n) is 8.35. The zero-order valence-corrected chi connectivity index (χ0v) is 25.4. The van der Waals surface area contributed by atoms with Crippen LogP contribution in [0, 0.1) is 0 Å². The van der Waals surface area contributed by atoms with Crippen LogP contribution in [-0.2, 0) is 21.4 Å². The number of primary amides is 1. The second-order valence-corrected chi connectivity index (χ2v) is 13.6. The quantitative estimate of drug-likeness (QED) is 0.259. The number of carbonyl (C=O) groups is 2. The Morgan fingerprint density at radius 3 is 2.21 bits per heavy atom. The van der Waals surface area contributed by atoms with Gasteiger partial charge in [0.15, 0.2) is 0 Å². The fraction of sp³-hybridized carbons (Fsp3) is 0.484. The number of nitrogens with zero attached hydrogens (tertiary/aromatic N) is 1. The summed E-state index contributed by atoms with van der Waals surface area (Å²) in [5, 5.41) is 12.1. The van der Waals surface area contributed by atoms with Crippen molar-refractivity contribution in [1.82, 2.24) is 14.6 Å². The maximum absolute atomic E-state index is 12.4. The van der Waals surface area contributed by atoms with E-state index in [1.807, 2.05) is 12.3 Å². The van der Waals surface area contributed by atoms with Crippen LogP contribution in [0.1, 0.15) is 79.8 Å². The highest BCUT2D eigenvalue weighted by molar-refractivity contribution is 7.89. The van der Waals surface area contributed by atoms with E-state index in [1.165, 1.54) is 31.2 Å². The average molecular weight is 619 g/mol. The topological polar surface area (TPSA) is 146 Å². The highest BCUT2D eigenvalue weighted by atomic mass is 32.2. The summed E-state index contributed by atoms with van der Waals surface area (Å²) < 4.78 is 48.6. The van der Waals surface area contributed by atoms with Crippen molar-refractivity contribution in [2.45, 2.75) is 76.8 Å². The Bertz CT molecular complexity index is 1540. The molecule has 1 amide bonds. The Morgan fingerprint density at radius 2 is 1.67 bits per heavy atom. The summed E-state index contributed by atoms with van der Waals surface area (Å²) in [6, 6.07) is 13.1. The molecular formula is C31H40F2N4O5S. The number of aliphatic carboxylic acids is 1. The lowest BCUT2D eigenvalue weighted by Gasteiger charge is -2.31. The molecule has 1 aliphatic heterocycles. The Hall–Kier alpha value is -3.35. The van der Waals surface area contributed by atoms with Crippen molar-refractivity contribution in [3.05, 3.63) is 59.3 Å². The number of nitrogens with one attached hydrogen (secondary N) is 2. The summed E-state index contributed by atoms with van der Waals surface area (Å²) in [6.07, 6.45) is 8.64. The predicted molar refractivity (Wildman–Crippen MR) is 163 cm³/mol. The van der Waals surface area contributed by atoms with Crippen molar-refractivity contribution in [1.29, 1.82) is 0 Å². The lowest BCUT2D eigenvalue weighted by atomic mass is 9.88. The average Bonchev–Trinajstić information content (AvgIpc) is 3.66. The van der Waals surface area contributed by atoms with Crippen molar-refractivity contribution >= 4 is 32.8 Å². The minimum absolute atomic E-state index is 0.130. The molecule has 1 saturated heterocycles. The number of rotatable bonds is 9. The maximum atomic E-state index is 12.4. The van der Waals surface area contributed by atoms with E-state index in [2.05, 4.69) is 40.6 Å². The minimum atomic E-state index is -3.58. The summed E-state index contributed by atoms with van der Waals surface area (Å²) in [6.45, 7) is 3.92. The molecule has 0 unspecified atom stereocenters. The molecule has 2 fully saturated rings. The number of carbonyl (C=O) groups excluding carboxylic acids is 1. The first kappa shape index (κ1) is 32.6. The molecule has 1 saturated carbocycles. The highest BCUT2D eigenvalue weighted by Gasteiger charge is 2.31. The van der Waals surface area contributed by atoms with Gasteiger partial charge in [-0.25, -0.2) is 17.5 Å². The molecule has 2 aromatic carbocycles. The molecule has 3 aromatic rings. The standard InChI is InChI=1S/C28H36N4O3S.C3H4F2O2/c1-2-36(34,35)32-13-11-21(12-14-32)26-18-31-27-24(26)15-22(16-25(27)28(29)33)20-9-7-19(8-10-20)17-30-23-5-3-4-6-23;1-3(4,5)2(6)7/h7-10,15-16,18,21,23,30-31H,2-6,11-14,17H2,1H3,(H2,29,33);1H3,(H,6,7). The van der Waals surface area contributed by atoms with Gasteiger partial charge in [0.05, 0.1) is 16.8 Å². The summed E-state index contributed by atoms with van der Waals surface area (Å²) in [7, 11) is -3.17. The number of amides is 1. The largest absolute Gasteiger partial charge is 0.477 e. The molecule has 2 heterocycles. The Labute approximate surface area is 250 Å². The zero-order chi connectivity index (χ0) is 31.4. The molecule has 0 spiro atoms. The molecule has 0 bridgehead atoms. The van der Waals surface area contributed by atoms with Crippen LogP contribution in [0.5, 0.6) is 0 Å². The molecule has 5 rings (SSSR count). The lowest BCUT2D eigenvalue weighted by Crippen LogP contribution is -2.38. The van der Waals surface area contributed by atoms with E-state index in [-0.39, 0.29) is 11.7 Å². The molecule has 234 valence electrons. The number of carboxylic acid groups (broad SMARTS) is 1. The summed E-state index contributed by atoms with van der Waals surface area (Å²) in [5.41, 5.74) is 11.4. The van der Waals surface area contributed by atoms with E-state index in [0.717, 1.165) is 47.0 Å². The molecule has 9 nitrogen and oxygen atoms in total. The Balaban J connectivity index is 0.000000541. The Morgan fingerprint density at radius 1 is 1.07 bits per heavy atom. The van der Waals surface area contributed by atoms with Gasteiger partial charge in [0.25, 0.3) is 5.91 Å². The van der Waals surface area contributed by atoms with Gasteiger partial charge in [-0.2, -0.15) is 8.78 Å². The van der Waals surface area contributed by atoms with Crippen molar-refractivity contribution in [3.8, 4) is 11.1 Å². The molecule has 1 aliphatic carbocycles. The van der Waals surface area contributed by atoms with Crippen LogP contribution in [0.4, 0.5) is 8.78 Å². The van der Waals surface area contributed by atoms with Gasteiger partial charge in [0, 0.05) is 44.2 Å². The van der Waals surface area contributed by atoms with Crippen LogP contribution in [0.3, 0.4) is 0 Å². The van der Waals surface area contributed by atoms with Gasteiger partial charge in [-0.15, -0.1) is 0 Å². The number of carboxylic acids is 1. The number of aromatic nitrogens is 1. The third kappa shape index (κ3) is 7.98. The van der Waals surface area contributed by atoms with Crippen LogP contribution in [0.2, 0.25) is 0 Å². The van der Waals surface area contributed by atoms with Gasteiger partial charge in [-0.1, -0.05) is 37.1 Å². The number of fused-ring (bicyclic) bond motifs is 1. The second-order valence-electron chi connectivity index (χ2n) is 11.4. The van der Waals surface area contributed by atoms with Crippen molar-refractivity contribution in [2.24, 2.45) is 5.73 Å². The number of piperidine rings is 1. The molecule has 12 heteroatoms. The van der Waals surface area contributed by atoms with E-state index in [0.29, 0.717) is 31.6 Å². The van der Waals surface area contributed by atoms with Crippen LogP contribution >= 0.6 is 0 Å². The summed E-state index contributed by atoms with van der Waals surface area (Å²) in [5.74, 6) is -5.78. The number of sulfonamides is 1. The van der Waals surface area contributed by atoms with E-state index in [1.54, 1.807) is 11.2 Å². The molecule has 5 N–H and O–H groups in total. The van der Waals surface area contributed by atoms with Crippen molar-refractivity contribution in [2.75, 3.05) is 18.8 Å². The van der Waals surface area contributed by atoms with Gasteiger partial charge < -0.3 is 21.1 Å². The first-order valence-corrected chi connectivity index (χ1v) is 16.3. The molecule has 0 radical (unpaired) electrons. The van der Waals surface area contributed by atoms with Crippen molar-refractivity contribution < 1.29 is 31.9 Å². The van der Waals surface area contributed by atoms with Crippen LogP contribution in [0.15, 0.2) is 42.6 Å². The van der Waals surface area contributed by atoms with Crippen LogP contribution < -0.4 is 11.1 Å². The van der Waals surface area contributed by atoms with Gasteiger partial charge in [-0.3, -0.25) is 4.79 Å². The van der Waals surface area contributed by atoms with E-state index in [9.17, 15) is 26.8 Å². The number of benzene rings is 2. The fourth-order valence-electron chi connectivity index (χ4n) is 5.79. The number of alkyl halides is 2. The fourth-order valence-corrected chi connectivity index (χ4v) is 6.92. The number of hydrogen-bond donors (Lipinski definition) is 4. The van der Waals surface area contributed by atoms with Crippen LogP contribution in [0.25, 0.3) is 22.0 Å². The third-order valence-corrected chi connectivity index (χ3v) is 10.2. The number of aromatic amines is 1. The SMILES string of the molecule is CC(F)(F)C(=O)O.CCS(=O)(=O)N1CCC(c2c[nH]c3c(C(N)=O)cc(-c4ccc(CNC5CCCC5)cc4)cc23)CC1. The second kappa shape index (κ2) is 13.5. The normalized spacial score (nSPS) is 17.1. The summed E-state index contributed by atoms with van der Waals surface area (Å²) >= 11 is 0. The zero-order valence-electron chi connectivity index (χ0n) is 24.5. The first-order chi connectivity index (χ1) is 20.3. The molecule has 0 atom stereocenters. The maximum Gasteiger partial charge on any atom is 0.374 e. The minimum Gasteiger partial charge on any atom is -0.477 e. The summed E-state index contributed by atoms with van der Waals surface area (Å²) in [4.78, 5) is 24.9. The lowest BCUT2D eigenvalue weighted by molar-refractivity contribution is -0.161. The van der Waals surface area contributed by atoms with Gasteiger partial charge in [-0.05, 0) is 72.9 Å². The predicted octanol–water partition coefficient (Wildman–Crippen LogP) is 5.22. The van der Waals surface area contributed by atoms with Crippen molar-refractivity contribution in [3.63, 3.8) is 0 Å². The highest BCUT2D eigenvalue weighted by Crippen LogP contribution is 2.37. The number of halogens is 2. The van der Waals surface area contributed by atoms with E-state index >= 15 is 0 Å². The van der Waals surface area contributed by atoms with E-state index < -0.39 is 27.8 Å². The molecule has 1 aromatic heterocycles. The first-order valence-electron chi connectivity index (χ1n) is 14.7. The Kier molecular flexibility index (Phi) is 10.2. The number of H-pyrrole nitrogens is 1. The number of hydrogen-bond acceptors (Lipinski definition) is 5. The molecular weight excluding hydrogens is 578 g/mol. The van der Waals surface area contributed by atoms with E-state index in [4.69, 9.17) is 10.8 Å². The molecule has 2 aliphatic rings. The monoisotopic (exact) mass is 618 g/mol. The molecule has 43 heavy (non-hydrogen) atoms.